The first-order valence-electron chi connectivity index (χ1n) is 5.72. The molecule has 3 nitrogen and oxygen atoms in total. The smallest absolute Gasteiger partial charge is 0.230 e. The molecular formula is C11H20N2OS2. The Hall–Kier alpha value is -0.290. The zero-order valence-electron chi connectivity index (χ0n) is 9.86. The molecule has 0 aromatic heterocycles. The molecule has 0 heterocycles. The van der Waals surface area contributed by atoms with E-state index in [-0.39, 0.29) is 11.8 Å². The summed E-state index contributed by atoms with van der Waals surface area (Å²) in [6.07, 6.45) is 6.24. The highest BCUT2D eigenvalue weighted by atomic mass is 32.2. The van der Waals surface area contributed by atoms with Crippen molar-refractivity contribution in [3.8, 4) is 0 Å². The average molecular weight is 260 g/mol. The molecular weight excluding hydrogens is 240 g/mol. The van der Waals surface area contributed by atoms with Crippen LogP contribution < -0.4 is 11.1 Å². The molecule has 1 fully saturated rings. The van der Waals surface area contributed by atoms with Gasteiger partial charge in [-0.15, -0.1) is 0 Å². The molecule has 1 saturated carbocycles. The molecule has 5 heteroatoms. The van der Waals surface area contributed by atoms with Gasteiger partial charge in [0.2, 0.25) is 5.91 Å². The van der Waals surface area contributed by atoms with E-state index in [0.717, 1.165) is 6.42 Å². The quantitative estimate of drug-likeness (QED) is 0.739. The van der Waals surface area contributed by atoms with E-state index in [0.29, 0.717) is 22.7 Å². The van der Waals surface area contributed by atoms with Crippen LogP contribution >= 0.6 is 24.0 Å². The third-order valence-corrected chi connectivity index (χ3v) is 4.61. The van der Waals surface area contributed by atoms with Gasteiger partial charge in [-0.2, -0.15) is 11.8 Å². The largest absolute Gasteiger partial charge is 0.393 e. The molecule has 3 atom stereocenters. The summed E-state index contributed by atoms with van der Waals surface area (Å²) in [5, 5.41) is 3.63. The summed E-state index contributed by atoms with van der Waals surface area (Å²) in [7, 11) is 0. The van der Waals surface area contributed by atoms with Crippen LogP contribution in [0.15, 0.2) is 0 Å². The topological polar surface area (TPSA) is 55.1 Å². The van der Waals surface area contributed by atoms with Crippen LogP contribution in [0.2, 0.25) is 0 Å². The number of rotatable bonds is 5. The summed E-state index contributed by atoms with van der Waals surface area (Å²) in [5.74, 6) is -0.306. The lowest BCUT2D eigenvalue weighted by atomic mass is 10.1. The zero-order chi connectivity index (χ0) is 12.1. The molecule has 16 heavy (non-hydrogen) atoms. The number of thioether (sulfide) groups is 1. The fraction of sp³-hybridized carbons (Fsp3) is 0.818. The zero-order valence-corrected chi connectivity index (χ0v) is 11.5. The maximum Gasteiger partial charge on any atom is 0.230 e. The van der Waals surface area contributed by atoms with E-state index in [1.165, 1.54) is 12.8 Å². The monoisotopic (exact) mass is 260 g/mol. The molecule has 3 N–H and O–H groups in total. The minimum absolute atomic E-state index is 0.000880. The van der Waals surface area contributed by atoms with Gasteiger partial charge in [0.25, 0.3) is 0 Å². The summed E-state index contributed by atoms with van der Waals surface area (Å²) >= 11 is 6.73. The van der Waals surface area contributed by atoms with Gasteiger partial charge in [-0.25, -0.2) is 0 Å². The lowest BCUT2D eigenvalue weighted by Crippen LogP contribution is -2.44. The highest BCUT2D eigenvalue weighted by Crippen LogP contribution is 2.28. The van der Waals surface area contributed by atoms with Crippen LogP contribution in [0.5, 0.6) is 0 Å². The van der Waals surface area contributed by atoms with Crippen molar-refractivity contribution in [1.29, 1.82) is 0 Å². The minimum Gasteiger partial charge on any atom is -0.393 e. The number of hydrogen-bond donors (Lipinski definition) is 2. The highest BCUT2D eigenvalue weighted by Gasteiger charge is 2.30. The fourth-order valence-corrected chi connectivity index (χ4v) is 3.38. The van der Waals surface area contributed by atoms with Crippen LogP contribution in [0, 0.1) is 5.92 Å². The molecule has 0 saturated heterocycles. The first-order chi connectivity index (χ1) is 7.60. The third-order valence-electron chi connectivity index (χ3n) is 3.15. The predicted molar refractivity (Wildman–Crippen MR) is 73.7 cm³/mol. The Morgan fingerprint density at radius 2 is 2.31 bits per heavy atom. The van der Waals surface area contributed by atoms with Gasteiger partial charge >= 0.3 is 0 Å². The summed E-state index contributed by atoms with van der Waals surface area (Å²) in [6, 6.07) is 0.297. The van der Waals surface area contributed by atoms with Gasteiger partial charge in [0.1, 0.15) is 0 Å². The number of nitrogens with two attached hydrogens (primary N) is 1. The van der Waals surface area contributed by atoms with Crippen molar-refractivity contribution < 1.29 is 4.79 Å². The second kappa shape index (κ2) is 6.45. The average Bonchev–Trinajstić information content (AvgIpc) is 2.65. The molecule has 0 spiro atoms. The lowest BCUT2D eigenvalue weighted by Gasteiger charge is -2.22. The Labute approximate surface area is 107 Å². The Morgan fingerprint density at radius 3 is 2.81 bits per heavy atom. The summed E-state index contributed by atoms with van der Waals surface area (Å²) < 4.78 is 0. The van der Waals surface area contributed by atoms with Crippen LogP contribution in [-0.2, 0) is 4.79 Å². The van der Waals surface area contributed by atoms with Crippen LogP contribution in [0.25, 0.3) is 0 Å². The van der Waals surface area contributed by atoms with Gasteiger partial charge in [-0.3, -0.25) is 4.79 Å². The highest BCUT2D eigenvalue weighted by molar-refractivity contribution is 7.99. The van der Waals surface area contributed by atoms with Crippen molar-refractivity contribution in [2.75, 3.05) is 6.26 Å². The van der Waals surface area contributed by atoms with Crippen molar-refractivity contribution in [2.24, 2.45) is 11.7 Å². The normalized spacial score (nSPS) is 26.4. The Kier molecular flexibility index (Phi) is 5.55. The van der Waals surface area contributed by atoms with Gasteiger partial charge in [0.15, 0.2) is 0 Å². The van der Waals surface area contributed by atoms with Crippen molar-refractivity contribution in [1.82, 2.24) is 5.32 Å². The van der Waals surface area contributed by atoms with Crippen molar-refractivity contribution in [3.63, 3.8) is 0 Å². The standard InChI is InChI=1S/C11H20N2OS2/c1-3-7(10(12)15)11(14)13-8-5-4-6-9(8)16-2/h7-9H,3-6H2,1-2H3,(H2,12,15)(H,13,14). The first-order valence-corrected chi connectivity index (χ1v) is 7.42. The van der Waals surface area contributed by atoms with Gasteiger partial charge in [-0.05, 0) is 25.5 Å². The Morgan fingerprint density at radius 1 is 1.62 bits per heavy atom. The van der Waals surface area contributed by atoms with Crippen LogP contribution in [0.3, 0.4) is 0 Å². The van der Waals surface area contributed by atoms with Crippen LogP contribution in [-0.4, -0.2) is 28.4 Å². The Bertz CT molecular complexity index is 271. The molecule has 92 valence electrons. The lowest BCUT2D eigenvalue weighted by molar-refractivity contribution is -0.123. The van der Waals surface area contributed by atoms with Gasteiger partial charge in [0, 0.05) is 11.3 Å². The number of amides is 1. The van der Waals surface area contributed by atoms with E-state index in [1.807, 2.05) is 18.7 Å². The predicted octanol–water partition coefficient (Wildman–Crippen LogP) is 1.70. The van der Waals surface area contributed by atoms with Crippen LogP contribution in [0.1, 0.15) is 32.6 Å². The second-order valence-electron chi connectivity index (χ2n) is 4.18. The van der Waals surface area contributed by atoms with Gasteiger partial charge in [-0.1, -0.05) is 25.6 Å². The molecule has 1 amide bonds. The van der Waals surface area contributed by atoms with Crippen molar-refractivity contribution >= 4 is 34.9 Å². The molecule has 0 aromatic rings. The number of thiocarbonyl (C=S) groups is 1. The number of nitrogens with one attached hydrogen (secondary N) is 1. The van der Waals surface area contributed by atoms with E-state index < -0.39 is 0 Å². The van der Waals surface area contributed by atoms with Crippen molar-refractivity contribution in [3.05, 3.63) is 0 Å². The molecule has 0 aliphatic heterocycles. The molecule has 3 unspecified atom stereocenters. The summed E-state index contributed by atoms with van der Waals surface area (Å²) in [5.41, 5.74) is 5.55. The maximum atomic E-state index is 11.9. The van der Waals surface area contributed by atoms with E-state index in [4.69, 9.17) is 18.0 Å². The van der Waals surface area contributed by atoms with E-state index >= 15 is 0 Å². The number of hydrogen-bond acceptors (Lipinski definition) is 3. The first kappa shape index (κ1) is 13.8. The summed E-state index contributed by atoms with van der Waals surface area (Å²) in [6.45, 7) is 1.93. The third kappa shape index (κ3) is 3.35. The van der Waals surface area contributed by atoms with Gasteiger partial charge < -0.3 is 11.1 Å². The molecule has 1 aliphatic rings. The molecule has 0 radical (unpaired) electrons. The number of carbonyl (C=O) groups excluding carboxylic acids is 1. The maximum absolute atomic E-state index is 11.9. The fourth-order valence-electron chi connectivity index (χ4n) is 2.17. The minimum atomic E-state index is -0.307. The molecule has 0 bridgehead atoms. The van der Waals surface area contributed by atoms with E-state index in [9.17, 15) is 4.79 Å². The summed E-state index contributed by atoms with van der Waals surface area (Å²) in [4.78, 5) is 12.2. The van der Waals surface area contributed by atoms with Crippen LogP contribution in [0.4, 0.5) is 0 Å². The SMILES string of the molecule is CCC(C(=O)NC1CCCC1SC)C(N)=S. The molecule has 1 rings (SSSR count). The van der Waals surface area contributed by atoms with Gasteiger partial charge in [0.05, 0.1) is 10.9 Å². The second-order valence-corrected chi connectivity index (χ2v) is 5.73. The van der Waals surface area contributed by atoms with Crippen molar-refractivity contribution in [2.45, 2.75) is 43.9 Å². The molecule has 0 aromatic carbocycles. The number of carbonyl (C=O) groups is 1. The van der Waals surface area contributed by atoms with E-state index in [2.05, 4.69) is 11.6 Å². The Balaban J connectivity index is 2.52. The molecule has 1 aliphatic carbocycles. The van der Waals surface area contributed by atoms with E-state index in [1.54, 1.807) is 0 Å².